The van der Waals surface area contributed by atoms with Crippen molar-refractivity contribution in [3.63, 3.8) is 0 Å². The van der Waals surface area contributed by atoms with Crippen molar-refractivity contribution in [2.24, 2.45) is 0 Å². The van der Waals surface area contributed by atoms with Crippen LogP contribution in [-0.2, 0) is 0 Å². The predicted octanol–water partition coefficient (Wildman–Crippen LogP) is 2.11. The van der Waals surface area contributed by atoms with Crippen LogP contribution in [0.3, 0.4) is 0 Å². The maximum absolute atomic E-state index is 11.8. The lowest BCUT2D eigenvalue weighted by Crippen LogP contribution is -2.11. The molecule has 1 aromatic carbocycles. The Morgan fingerprint density at radius 1 is 1.41 bits per heavy atom. The van der Waals surface area contributed by atoms with Gasteiger partial charge in [0.05, 0.1) is 17.8 Å². The van der Waals surface area contributed by atoms with E-state index < -0.39 is 0 Å². The lowest BCUT2D eigenvalue weighted by molar-refractivity contribution is 0.102. The zero-order valence-electron chi connectivity index (χ0n) is 9.10. The molecular formula is C12H9N3O2. The topological polar surface area (TPSA) is 78.9 Å². The third-order valence-electron chi connectivity index (χ3n) is 2.27. The summed E-state index contributed by atoms with van der Waals surface area (Å²) < 4.78 is 4.81. The molecule has 0 spiro atoms. The molecule has 17 heavy (non-hydrogen) atoms. The third-order valence-corrected chi connectivity index (χ3v) is 2.27. The number of aryl methyl sites for hydroxylation is 1. The number of carbonyl (C=O) groups excluding carboxylic acids is 1. The summed E-state index contributed by atoms with van der Waals surface area (Å²) in [4.78, 5) is 11.8. The number of anilines is 1. The normalized spacial score (nSPS) is 9.65. The van der Waals surface area contributed by atoms with Crippen LogP contribution in [0.5, 0.6) is 0 Å². The molecule has 1 amide bonds. The molecule has 5 nitrogen and oxygen atoms in total. The van der Waals surface area contributed by atoms with Crippen molar-refractivity contribution in [2.45, 2.75) is 6.92 Å². The molecule has 84 valence electrons. The molecule has 0 saturated heterocycles. The quantitative estimate of drug-likeness (QED) is 0.852. The molecule has 1 N–H and O–H groups in total. The number of hydrogen-bond donors (Lipinski definition) is 1. The Balaban J connectivity index is 2.14. The van der Waals surface area contributed by atoms with E-state index in [2.05, 4.69) is 10.5 Å². The number of rotatable bonds is 2. The van der Waals surface area contributed by atoms with Gasteiger partial charge in [-0.3, -0.25) is 4.79 Å². The van der Waals surface area contributed by atoms with Gasteiger partial charge in [-0.1, -0.05) is 5.16 Å². The van der Waals surface area contributed by atoms with Gasteiger partial charge in [0.2, 0.25) is 0 Å². The van der Waals surface area contributed by atoms with Crippen molar-refractivity contribution in [3.8, 4) is 6.07 Å². The monoisotopic (exact) mass is 227 g/mol. The van der Waals surface area contributed by atoms with Gasteiger partial charge in [-0.25, -0.2) is 0 Å². The molecule has 2 rings (SSSR count). The number of nitriles is 1. The lowest BCUT2D eigenvalue weighted by atomic mass is 10.2. The van der Waals surface area contributed by atoms with Gasteiger partial charge >= 0.3 is 0 Å². The number of amides is 1. The highest BCUT2D eigenvalue weighted by Crippen LogP contribution is 2.12. The van der Waals surface area contributed by atoms with E-state index in [0.717, 1.165) is 0 Å². The van der Waals surface area contributed by atoms with E-state index in [1.165, 1.54) is 6.20 Å². The standard InChI is InChI=1S/C12H9N3O2/c1-8-11(7-14-17-8)12(16)15-10-4-2-9(6-13)3-5-10/h2-5,7H,1H3,(H,15,16). The van der Waals surface area contributed by atoms with Crippen LogP contribution in [0.15, 0.2) is 35.0 Å². The Bertz CT molecular complexity index is 579. The zero-order valence-corrected chi connectivity index (χ0v) is 9.10. The van der Waals surface area contributed by atoms with Crippen LogP contribution in [0.1, 0.15) is 21.7 Å². The molecule has 1 heterocycles. The molecule has 0 aliphatic heterocycles. The van der Waals surface area contributed by atoms with Crippen LogP contribution >= 0.6 is 0 Å². The molecule has 0 aliphatic rings. The molecule has 5 heteroatoms. The molecule has 0 bridgehead atoms. The first kappa shape index (κ1) is 10.9. The Morgan fingerprint density at radius 2 is 2.12 bits per heavy atom. The molecule has 0 saturated carbocycles. The molecule has 0 unspecified atom stereocenters. The number of benzene rings is 1. The van der Waals surface area contributed by atoms with Gasteiger partial charge in [0, 0.05) is 5.69 Å². The second kappa shape index (κ2) is 4.49. The first-order chi connectivity index (χ1) is 8.20. The van der Waals surface area contributed by atoms with E-state index in [1.807, 2.05) is 6.07 Å². The fourth-order valence-corrected chi connectivity index (χ4v) is 1.34. The van der Waals surface area contributed by atoms with Crippen molar-refractivity contribution >= 4 is 11.6 Å². The number of aromatic nitrogens is 1. The van der Waals surface area contributed by atoms with E-state index in [-0.39, 0.29) is 5.91 Å². The van der Waals surface area contributed by atoms with Crippen LogP contribution in [0, 0.1) is 18.3 Å². The van der Waals surface area contributed by atoms with Crippen LogP contribution in [0.25, 0.3) is 0 Å². The highest BCUT2D eigenvalue weighted by molar-refractivity contribution is 6.04. The van der Waals surface area contributed by atoms with Gasteiger partial charge in [-0.2, -0.15) is 5.26 Å². The highest BCUT2D eigenvalue weighted by Gasteiger charge is 2.12. The summed E-state index contributed by atoms with van der Waals surface area (Å²) in [6, 6.07) is 8.61. The van der Waals surface area contributed by atoms with Crippen LogP contribution < -0.4 is 5.32 Å². The van der Waals surface area contributed by atoms with E-state index in [1.54, 1.807) is 31.2 Å². The summed E-state index contributed by atoms with van der Waals surface area (Å²) >= 11 is 0. The molecule has 0 radical (unpaired) electrons. The smallest absolute Gasteiger partial charge is 0.260 e. The Kier molecular flexibility index (Phi) is 2.88. The minimum Gasteiger partial charge on any atom is -0.361 e. The van der Waals surface area contributed by atoms with Crippen molar-refractivity contribution in [3.05, 3.63) is 47.3 Å². The number of nitrogens with one attached hydrogen (secondary N) is 1. The number of hydrogen-bond acceptors (Lipinski definition) is 4. The predicted molar refractivity (Wildman–Crippen MR) is 60.4 cm³/mol. The first-order valence-corrected chi connectivity index (χ1v) is 4.93. The fourth-order valence-electron chi connectivity index (χ4n) is 1.34. The van der Waals surface area contributed by atoms with E-state index in [0.29, 0.717) is 22.6 Å². The second-order valence-corrected chi connectivity index (χ2v) is 3.44. The SMILES string of the molecule is Cc1oncc1C(=O)Nc1ccc(C#N)cc1. The minimum atomic E-state index is -0.284. The molecular weight excluding hydrogens is 218 g/mol. The first-order valence-electron chi connectivity index (χ1n) is 4.93. The van der Waals surface area contributed by atoms with Crippen molar-refractivity contribution in [1.29, 1.82) is 5.26 Å². The van der Waals surface area contributed by atoms with Gasteiger partial charge in [0.25, 0.3) is 5.91 Å². The van der Waals surface area contributed by atoms with Crippen LogP contribution in [-0.4, -0.2) is 11.1 Å². The second-order valence-electron chi connectivity index (χ2n) is 3.44. The van der Waals surface area contributed by atoms with Gasteiger partial charge in [-0.15, -0.1) is 0 Å². The lowest BCUT2D eigenvalue weighted by Gasteiger charge is -2.03. The maximum atomic E-state index is 11.8. The summed E-state index contributed by atoms with van der Waals surface area (Å²) in [7, 11) is 0. The summed E-state index contributed by atoms with van der Waals surface area (Å²) in [5.41, 5.74) is 1.56. The Labute approximate surface area is 97.7 Å². The number of nitrogens with zero attached hydrogens (tertiary/aromatic N) is 2. The van der Waals surface area contributed by atoms with E-state index >= 15 is 0 Å². The molecule has 2 aromatic rings. The minimum absolute atomic E-state index is 0.284. The third kappa shape index (κ3) is 2.32. The van der Waals surface area contributed by atoms with Gasteiger partial charge in [0.1, 0.15) is 11.3 Å². The highest BCUT2D eigenvalue weighted by atomic mass is 16.5. The van der Waals surface area contributed by atoms with Crippen LogP contribution in [0.4, 0.5) is 5.69 Å². The van der Waals surface area contributed by atoms with Crippen molar-refractivity contribution < 1.29 is 9.32 Å². The Hall–Kier alpha value is -2.61. The molecule has 0 atom stereocenters. The summed E-state index contributed by atoms with van der Waals surface area (Å²) in [5.74, 6) is 0.185. The summed E-state index contributed by atoms with van der Waals surface area (Å²) in [6.45, 7) is 1.67. The Morgan fingerprint density at radius 3 is 2.65 bits per heavy atom. The largest absolute Gasteiger partial charge is 0.361 e. The zero-order chi connectivity index (χ0) is 12.3. The summed E-state index contributed by atoms with van der Waals surface area (Å²) in [6.07, 6.45) is 1.37. The molecule has 0 aliphatic carbocycles. The molecule has 0 fully saturated rings. The van der Waals surface area contributed by atoms with Crippen molar-refractivity contribution in [1.82, 2.24) is 5.16 Å². The van der Waals surface area contributed by atoms with Gasteiger partial charge < -0.3 is 9.84 Å². The maximum Gasteiger partial charge on any atom is 0.260 e. The van der Waals surface area contributed by atoms with E-state index in [4.69, 9.17) is 9.78 Å². The van der Waals surface area contributed by atoms with Gasteiger partial charge in [-0.05, 0) is 31.2 Å². The fraction of sp³-hybridized carbons (Fsp3) is 0.0833. The van der Waals surface area contributed by atoms with Crippen molar-refractivity contribution in [2.75, 3.05) is 5.32 Å². The molecule has 1 aromatic heterocycles. The van der Waals surface area contributed by atoms with Crippen LogP contribution in [0.2, 0.25) is 0 Å². The summed E-state index contributed by atoms with van der Waals surface area (Å²) in [5, 5.41) is 14.9. The van der Waals surface area contributed by atoms with Gasteiger partial charge in [0.15, 0.2) is 0 Å². The number of carbonyl (C=O) groups is 1. The van der Waals surface area contributed by atoms with E-state index in [9.17, 15) is 4.79 Å². The average molecular weight is 227 g/mol. The average Bonchev–Trinajstić information content (AvgIpc) is 2.76.